The van der Waals surface area contributed by atoms with Gasteiger partial charge in [-0.3, -0.25) is 4.79 Å². The number of carbonyl (C=O) groups excluding carboxylic acids is 2. The molecule has 22 heavy (non-hydrogen) atoms. The zero-order valence-corrected chi connectivity index (χ0v) is 14.0. The van der Waals surface area contributed by atoms with Crippen LogP contribution in [0.15, 0.2) is 53.0 Å². The van der Waals surface area contributed by atoms with E-state index < -0.39 is 18.0 Å². The van der Waals surface area contributed by atoms with Crippen molar-refractivity contribution in [2.24, 2.45) is 0 Å². The van der Waals surface area contributed by atoms with Crippen molar-refractivity contribution in [3.8, 4) is 0 Å². The molecule has 0 heterocycles. The third-order valence-electron chi connectivity index (χ3n) is 2.84. The average Bonchev–Trinajstić information content (AvgIpc) is 2.50. The van der Waals surface area contributed by atoms with Crippen LogP contribution in [0.3, 0.4) is 0 Å². The molecule has 0 spiro atoms. The maximum Gasteiger partial charge on any atom is 0.338 e. The van der Waals surface area contributed by atoms with E-state index >= 15 is 0 Å². The molecule has 114 valence electrons. The van der Waals surface area contributed by atoms with Crippen LogP contribution >= 0.6 is 27.5 Å². The molecule has 0 aliphatic rings. The summed E-state index contributed by atoms with van der Waals surface area (Å²) in [5.74, 6) is -0.972. The van der Waals surface area contributed by atoms with Gasteiger partial charge >= 0.3 is 5.97 Å². The van der Waals surface area contributed by atoms with Crippen molar-refractivity contribution in [1.82, 2.24) is 0 Å². The Hall–Kier alpha value is -1.85. The second kappa shape index (κ2) is 7.42. The van der Waals surface area contributed by atoms with Gasteiger partial charge in [0.25, 0.3) is 5.91 Å². The highest BCUT2D eigenvalue weighted by atomic mass is 79.9. The Morgan fingerprint density at radius 2 is 1.68 bits per heavy atom. The largest absolute Gasteiger partial charge is 0.449 e. The molecule has 0 aromatic heterocycles. The molecule has 6 heteroatoms. The molecule has 2 aromatic rings. The Kier molecular flexibility index (Phi) is 5.57. The van der Waals surface area contributed by atoms with Crippen molar-refractivity contribution in [2.75, 3.05) is 5.32 Å². The second-order valence-corrected chi connectivity index (χ2v) is 5.90. The summed E-state index contributed by atoms with van der Waals surface area (Å²) < 4.78 is 6.04. The summed E-state index contributed by atoms with van der Waals surface area (Å²) in [6.07, 6.45) is -0.910. The lowest BCUT2D eigenvalue weighted by Gasteiger charge is -2.13. The molecule has 0 saturated carbocycles. The van der Waals surface area contributed by atoms with E-state index in [1.54, 1.807) is 48.5 Å². The molecular weight excluding hydrogens is 370 g/mol. The average molecular weight is 383 g/mol. The number of nitrogens with one attached hydrogen (secondary N) is 1. The summed E-state index contributed by atoms with van der Waals surface area (Å²) in [6, 6.07) is 13.4. The number of ether oxygens (including phenoxy) is 1. The first-order valence-electron chi connectivity index (χ1n) is 6.48. The zero-order chi connectivity index (χ0) is 16.1. The van der Waals surface area contributed by atoms with E-state index in [1.165, 1.54) is 6.92 Å². The molecule has 0 saturated heterocycles. The summed E-state index contributed by atoms with van der Waals surface area (Å²) in [6.45, 7) is 1.52. The molecular formula is C16H13BrClNO3. The van der Waals surface area contributed by atoms with E-state index in [0.717, 1.165) is 4.47 Å². The molecule has 1 N–H and O–H groups in total. The van der Waals surface area contributed by atoms with Crippen LogP contribution in [0.2, 0.25) is 5.02 Å². The van der Waals surface area contributed by atoms with Crippen molar-refractivity contribution in [1.29, 1.82) is 0 Å². The topological polar surface area (TPSA) is 55.4 Å². The van der Waals surface area contributed by atoms with Crippen LogP contribution in [-0.4, -0.2) is 18.0 Å². The Labute approximate surface area is 141 Å². The number of esters is 1. The van der Waals surface area contributed by atoms with Gasteiger partial charge in [0.05, 0.1) is 5.56 Å². The minimum absolute atomic E-state index is 0.340. The van der Waals surface area contributed by atoms with Crippen LogP contribution in [0.5, 0.6) is 0 Å². The number of rotatable bonds is 4. The molecule has 0 unspecified atom stereocenters. The zero-order valence-electron chi connectivity index (χ0n) is 11.7. The van der Waals surface area contributed by atoms with Crippen molar-refractivity contribution in [3.05, 3.63) is 63.6 Å². The smallest absolute Gasteiger partial charge is 0.338 e. The highest BCUT2D eigenvalue weighted by Crippen LogP contribution is 2.15. The van der Waals surface area contributed by atoms with E-state index in [0.29, 0.717) is 16.3 Å². The number of carbonyl (C=O) groups is 2. The summed E-state index contributed by atoms with van der Waals surface area (Å²) in [5, 5.41) is 3.20. The van der Waals surface area contributed by atoms with Crippen LogP contribution in [0.1, 0.15) is 17.3 Å². The molecule has 0 fully saturated rings. The number of hydrogen-bond acceptors (Lipinski definition) is 3. The molecule has 0 aliphatic heterocycles. The van der Waals surface area contributed by atoms with Gasteiger partial charge in [-0.1, -0.05) is 27.5 Å². The van der Waals surface area contributed by atoms with E-state index in [9.17, 15) is 9.59 Å². The van der Waals surface area contributed by atoms with Gasteiger partial charge in [0.1, 0.15) is 0 Å². The first-order chi connectivity index (χ1) is 10.5. The fourth-order valence-corrected chi connectivity index (χ4v) is 2.04. The monoisotopic (exact) mass is 381 g/mol. The predicted octanol–water partition coefficient (Wildman–Crippen LogP) is 4.29. The maximum atomic E-state index is 12.0. The summed E-state index contributed by atoms with van der Waals surface area (Å²) in [5.41, 5.74) is 0.968. The third-order valence-corrected chi connectivity index (χ3v) is 3.63. The van der Waals surface area contributed by atoms with Gasteiger partial charge in [-0.2, -0.15) is 0 Å². The SMILES string of the molecule is C[C@H](OC(=O)c1ccc(Cl)cc1)C(=O)Nc1ccc(Br)cc1. The Morgan fingerprint density at radius 1 is 1.09 bits per heavy atom. The van der Waals surface area contributed by atoms with E-state index in [1.807, 2.05) is 0 Å². The number of amides is 1. The van der Waals surface area contributed by atoms with E-state index in [2.05, 4.69) is 21.2 Å². The second-order valence-electron chi connectivity index (χ2n) is 4.55. The Balaban J connectivity index is 1.94. The van der Waals surface area contributed by atoms with Crippen molar-refractivity contribution in [3.63, 3.8) is 0 Å². The highest BCUT2D eigenvalue weighted by Gasteiger charge is 2.19. The van der Waals surface area contributed by atoms with E-state index in [-0.39, 0.29) is 0 Å². The lowest BCUT2D eigenvalue weighted by molar-refractivity contribution is -0.123. The van der Waals surface area contributed by atoms with Gasteiger partial charge in [0.15, 0.2) is 6.10 Å². The third kappa shape index (κ3) is 4.58. The Bertz CT molecular complexity index is 671. The van der Waals surface area contributed by atoms with Crippen LogP contribution in [0.25, 0.3) is 0 Å². The fourth-order valence-electron chi connectivity index (χ4n) is 1.65. The lowest BCUT2D eigenvalue weighted by atomic mass is 10.2. The molecule has 0 radical (unpaired) electrons. The first kappa shape index (κ1) is 16.5. The minimum atomic E-state index is -0.910. The summed E-state index contributed by atoms with van der Waals surface area (Å²) in [4.78, 5) is 23.9. The van der Waals surface area contributed by atoms with Gasteiger partial charge in [-0.15, -0.1) is 0 Å². The summed E-state index contributed by atoms with van der Waals surface area (Å²) >= 11 is 9.07. The Morgan fingerprint density at radius 3 is 2.27 bits per heavy atom. The van der Waals surface area contributed by atoms with Gasteiger partial charge in [-0.05, 0) is 55.5 Å². The molecule has 0 bridgehead atoms. The number of benzene rings is 2. The molecule has 2 rings (SSSR count). The lowest BCUT2D eigenvalue weighted by Crippen LogP contribution is -2.29. The quantitative estimate of drug-likeness (QED) is 0.803. The normalized spacial score (nSPS) is 11.6. The van der Waals surface area contributed by atoms with Crippen molar-refractivity contribution < 1.29 is 14.3 Å². The van der Waals surface area contributed by atoms with Crippen LogP contribution in [0, 0.1) is 0 Å². The minimum Gasteiger partial charge on any atom is -0.449 e. The van der Waals surface area contributed by atoms with Crippen LogP contribution < -0.4 is 5.32 Å². The standard InChI is InChI=1S/C16H13BrClNO3/c1-10(15(20)19-14-8-4-12(17)5-9-14)22-16(21)11-2-6-13(18)7-3-11/h2-10H,1H3,(H,19,20)/t10-/m0/s1. The van der Waals surface area contributed by atoms with Gasteiger partial charge in [0, 0.05) is 15.2 Å². The van der Waals surface area contributed by atoms with Crippen LogP contribution in [0.4, 0.5) is 5.69 Å². The maximum absolute atomic E-state index is 12.0. The molecule has 1 amide bonds. The molecule has 4 nitrogen and oxygen atoms in total. The van der Waals surface area contributed by atoms with Crippen molar-refractivity contribution >= 4 is 45.1 Å². The van der Waals surface area contributed by atoms with E-state index in [4.69, 9.17) is 16.3 Å². The predicted molar refractivity (Wildman–Crippen MR) is 89.1 cm³/mol. The van der Waals surface area contributed by atoms with Gasteiger partial charge < -0.3 is 10.1 Å². The first-order valence-corrected chi connectivity index (χ1v) is 7.66. The molecule has 2 aromatic carbocycles. The summed E-state index contributed by atoms with van der Waals surface area (Å²) in [7, 11) is 0. The number of anilines is 1. The number of hydrogen-bond donors (Lipinski definition) is 1. The molecule has 1 atom stereocenters. The fraction of sp³-hybridized carbons (Fsp3) is 0.125. The van der Waals surface area contributed by atoms with Gasteiger partial charge in [-0.25, -0.2) is 4.79 Å². The molecule has 0 aliphatic carbocycles. The van der Waals surface area contributed by atoms with Gasteiger partial charge in [0.2, 0.25) is 0 Å². The van der Waals surface area contributed by atoms with Crippen molar-refractivity contribution in [2.45, 2.75) is 13.0 Å². The number of halogens is 2. The van der Waals surface area contributed by atoms with Crippen LogP contribution in [-0.2, 0) is 9.53 Å². The highest BCUT2D eigenvalue weighted by molar-refractivity contribution is 9.10.